The summed E-state index contributed by atoms with van der Waals surface area (Å²) in [7, 11) is 4.58. The highest BCUT2D eigenvalue weighted by Gasteiger charge is 2.13. The summed E-state index contributed by atoms with van der Waals surface area (Å²) in [6.07, 6.45) is 3.21. The normalized spacial score (nSPS) is 10.4. The van der Waals surface area contributed by atoms with Gasteiger partial charge in [-0.05, 0) is 11.6 Å². The largest absolute Gasteiger partial charge is 0.493 e. The fraction of sp³-hybridized carbons (Fsp3) is 0.167. The average molecular weight is 313 g/mol. The van der Waals surface area contributed by atoms with Crippen molar-refractivity contribution in [3.63, 3.8) is 0 Å². The van der Waals surface area contributed by atoms with Crippen molar-refractivity contribution in [2.45, 2.75) is 0 Å². The number of amides is 1. The molecule has 2 rings (SSSR count). The number of nitrogens with one attached hydrogen (secondary N) is 1. The summed E-state index contributed by atoms with van der Waals surface area (Å²) < 4.78 is 15.8. The second kappa shape index (κ2) is 7.89. The van der Waals surface area contributed by atoms with E-state index in [1.165, 1.54) is 27.4 Å². The van der Waals surface area contributed by atoms with Crippen LogP contribution < -0.4 is 19.5 Å². The number of rotatable bonds is 6. The third-order valence-corrected chi connectivity index (χ3v) is 3.16. The van der Waals surface area contributed by atoms with Crippen LogP contribution in [0.2, 0.25) is 0 Å². The monoisotopic (exact) mass is 313 g/mol. The third-order valence-electron chi connectivity index (χ3n) is 3.16. The van der Waals surface area contributed by atoms with E-state index >= 15 is 0 Å². The minimum absolute atomic E-state index is 0.247. The molecule has 1 amide bonds. The molecule has 0 spiro atoms. The first kappa shape index (κ1) is 16.4. The number of hydrogen-bond acceptors (Lipinski definition) is 4. The molecule has 0 bridgehead atoms. The lowest BCUT2D eigenvalue weighted by Gasteiger charge is -2.14. The molecule has 0 unspecified atom stereocenters. The molecule has 1 N–H and O–H groups in total. The third kappa shape index (κ3) is 4.26. The summed E-state index contributed by atoms with van der Waals surface area (Å²) in [6, 6.07) is 12.9. The van der Waals surface area contributed by atoms with Gasteiger partial charge in [0.2, 0.25) is 11.7 Å². The van der Waals surface area contributed by atoms with Gasteiger partial charge in [0.25, 0.3) is 0 Å². The van der Waals surface area contributed by atoms with Gasteiger partial charge in [0, 0.05) is 23.9 Å². The van der Waals surface area contributed by atoms with E-state index in [4.69, 9.17) is 14.2 Å². The summed E-state index contributed by atoms with van der Waals surface area (Å²) in [5, 5.41) is 2.77. The molecule has 0 fully saturated rings. The van der Waals surface area contributed by atoms with Crippen LogP contribution >= 0.6 is 0 Å². The Kier molecular flexibility index (Phi) is 5.63. The van der Waals surface area contributed by atoms with Crippen LogP contribution in [0.5, 0.6) is 17.2 Å². The van der Waals surface area contributed by atoms with Crippen molar-refractivity contribution in [2.24, 2.45) is 0 Å². The fourth-order valence-electron chi connectivity index (χ4n) is 2.07. The van der Waals surface area contributed by atoms with Crippen molar-refractivity contribution >= 4 is 17.7 Å². The fourth-order valence-corrected chi connectivity index (χ4v) is 2.07. The van der Waals surface area contributed by atoms with Crippen LogP contribution in [0.15, 0.2) is 48.5 Å². The Hall–Kier alpha value is -2.95. The zero-order valence-electron chi connectivity index (χ0n) is 13.3. The molecule has 0 aliphatic rings. The lowest BCUT2D eigenvalue weighted by atomic mass is 10.2. The molecule has 0 saturated carbocycles. The molecule has 2 aromatic carbocycles. The maximum atomic E-state index is 12.0. The molecule has 0 heterocycles. The average Bonchev–Trinajstić information content (AvgIpc) is 2.59. The Labute approximate surface area is 135 Å². The van der Waals surface area contributed by atoms with Gasteiger partial charge in [0.05, 0.1) is 21.3 Å². The topological polar surface area (TPSA) is 56.8 Å². The first-order chi connectivity index (χ1) is 11.2. The van der Waals surface area contributed by atoms with Crippen LogP contribution in [-0.2, 0) is 4.79 Å². The van der Waals surface area contributed by atoms with Gasteiger partial charge in [0.1, 0.15) is 0 Å². The molecule has 23 heavy (non-hydrogen) atoms. The predicted octanol–water partition coefficient (Wildman–Crippen LogP) is 3.36. The summed E-state index contributed by atoms with van der Waals surface area (Å²) in [4.78, 5) is 12.0. The maximum absolute atomic E-state index is 12.0. The summed E-state index contributed by atoms with van der Waals surface area (Å²) in [6.45, 7) is 0. The van der Waals surface area contributed by atoms with Crippen molar-refractivity contribution in [1.29, 1.82) is 0 Å². The highest BCUT2D eigenvalue weighted by Crippen LogP contribution is 2.39. The maximum Gasteiger partial charge on any atom is 0.248 e. The summed E-state index contributed by atoms with van der Waals surface area (Å²) >= 11 is 0. The van der Waals surface area contributed by atoms with E-state index in [1.54, 1.807) is 18.2 Å². The van der Waals surface area contributed by atoms with Crippen LogP contribution in [-0.4, -0.2) is 27.2 Å². The summed E-state index contributed by atoms with van der Waals surface area (Å²) in [5.41, 5.74) is 1.51. The number of hydrogen-bond donors (Lipinski definition) is 1. The first-order valence-electron chi connectivity index (χ1n) is 7.02. The predicted molar refractivity (Wildman–Crippen MR) is 90.2 cm³/mol. The van der Waals surface area contributed by atoms with Gasteiger partial charge in [-0.25, -0.2) is 0 Å². The first-order valence-corrected chi connectivity index (χ1v) is 7.02. The van der Waals surface area contributed by atoms with Crippen molar-refractivity contribution in [3.8, 4) is 17.2 Å². The summed E-state index contributed by atoms with van der Waals surface area (Å²) in [5.74, 6) is 1.19. The number of methoxy groups -OCH3 is 3. The number of carbonyl (C=O) groups excluding carboxylic acids is 1. The van der Waals surface area contributed by atoms with E-state index in [0.717, 1.165) is 5.56 Å². The van der Waals surface area contributed by atoms with Crippen LogP contribution in [0.1, 0.15) is 5.56 Å². The number of benzene rings is 2. The molecule has 0 aromatic heterocycles. The highest BCUT2D eigenvalue weighted by atomic mass is 16.5. The molecule has 0 aliphatic heterocycles. The van der Waals surface area contributed by atoms with Crippen molar-refractivity contribution < 1.29 is 19.0 Å². The van der Waals surface area contributed by atoms with Gasteiger partial charge in [-0.3, -0.25) is 4.79 Å². The van der Waals surface area contributed by atoms with Crippen LogP contribution in [0.25, 0.3) is 6.08 Å². The smallest absolute Gasteiger partial charge is 0.248 e. The van der Waals surface area contributed by atoms with E-state index in [-0.39, 0.29) is 5.91 Å². The Morgan fingerprint density at radius 1 is 0.957 bits per heavy atom. The van der Waals surface area contributed by atoms with Gasteiger partial charge in [-0.2, -0.15) is 0 Å². The Morgan fingerprint density at radius 3 is 2.09 bits per heavy atom. The second-order valence-corrected chi connectivity index (χ2v) is 4.65. The number of ether oxygens (including phenoxy) is 3. The van der Waals surface area contributed by atoms with Gasteiger partial charge < -0.3 is 19.5 Å². The van der Waals surface area contributed by atoms with Crippen LogP contribution in [0.4, 0.5) is 5.69 Å². The Bertz CT molecular complexity index is 670. The number of anilines is 1. The highest BCUT2D eigenvalue weighted by molar-refractivity contribution is 6.02. The van der Waals surface area contributed by atoms with E-state index < -0.39 is 0 Å². The zero-order chi connectivity index (χ0) is 16.7. The standard InChI is InChI=1S/C18H19NO4/c1-21-15-11-14(12-16(22-2)18(15)23-3)19-17(20)10-9-13-7-5-4-6-8-13/h4-12H,1-3H3,(H,19,20)/b10-9+. The minimum Gasteiger partial charge on any atom is -0.493 e. The molecule has 0 aliphatic carbocycles. The van der Waals surface area contributed by atoms with Crippen molar-refractivity contribution in [3.05, 3.63) is 54.1 Å². The molecule has 0 saturated heterocycles. The van der Waals surface area contributed by atoms with Crippen molar-refractivity contribution in [2.75, 3.05) is 26.6 Å². The quantitative estimate of drug-likeness (QED) is 0.831. The lowest BCUT2D eigenvalue weighted by Crippen LogP contribution is -2.08. The second-order valence-electron chi connectivity index (χ2n) is 4.65. The number of carbonyl (C=O) groups is 1. The molecule has 0 atom stereocenters. The van der Waals surface area contributed by atoms with Gasteiger partial charge in [-0.15, -0.1) is 0 Å². The van der Waals surface area contributed by atoms with E-state index in [1.807, 2.05) is 30.3 Å². The molecule has 5 nitrogen and oxygen atoms in total. The minimum atomic E-state index is -0.247. The molecule has 120 valence electrons. The van der Waals surface area contributed by atoms with E-state index in [2.05, 4.69) is 5.32 Å². The lowest BCUT2D eigenvalue weighted by molar-refractivity contribution is -0.111. The SMILES string of the molecule is COc1cc(NC(=O)/C=C/c2ccccc2)cc(OC)c1OC. The zero-order valence-corrected chi connectivity index (χ0v) is 13.3. The molecule has 0 radical (unpaired) electrons. The van der Waals surface area contributed by atoms with Crippen LogP contribution in [0, 0.1) is 0 Å². The molecule has 2 aromatic rings. The molecular formula is C18H19NO4. The van der Waals surface area contributed by atoms with E-state index in [0.29, 0.717) is 22.9 Å². The van der Waals surface area contributed by atoms with E-state index in [9.17, 15) is 4.79 Å². The van der Waals surface area contributed by atoms with Crippen molar-refractivity contribution in [1.82, 2.24) is 0 Å². The van der Waals surface area contributed by atoms with Crippen LogP contribution in [0.3, 0.4) is 0 Å². The van der Waals surface area contributed by atoms with Gasteiger partial charge in [-0.1, -0.05) is 30.3 Å². The molecule has 5 heteroatoms. The Balaban J connectivity index is 2.16. The molecular weight excluding hydrogens is 294 g/mol. The Morgan fingerprint density at radius 2 is 1.57 bits per heavy atom. The van der Waals surface area contributed by atoms with Gasteiger partial charge >= 0.3 is 0 Å². The van der Waals surface area contributed by atoms with Gasteiger partial charge in [0.15, 0.2) is 11.5 Å².